The molecule has 8 aromatic rings. The van der Waals surface area contributed by atoms with Gasteiger partial charge in [-0.3, -0.25) is 39.9 Å². The van der Waals surface area contributed by atoms with Gasteiger partial charge in [-0.15, -0.1) is 0 Å². The van der Waals surface area contributed by atoms with Crippen molar-refractivity contribution in [3.8, 4) is 0 Å². The van der Waals surface area contributed by atoms with Crippen LogP contribution in [0.15, 0.2) is 283 Å². The minimum atomic E-state index is 0. The van der Waals surface area contributed by atoms with Crippen LogP contribution in [-0.2, 0) is 34.1 Å². The summed E-state index contributed by atoms with van der Waals surface area (Å²) in [7, 11) is 0. The summed E-state index contributed by atoms with van der Waals surface area (Å²) < 4.78 is 0. The molecule has 8 fully saturated rings. The number of para-hydroxylation sites is 8. The molecule has 0 unspecified atom stereocenters. The number of hydrogen-bond donors (Lipinski definition) is 0. The minimum absolute atomic E-state index is 0. The van der Waals surface area contributed by atoms with E-state index in [1.807, 2.05) is 146 Å². The predicted molar refractivity (Wildman–Crippen MR) is 407 cm³/mol. The summed E-state index contributed by atoms with van der Waals surface area (Å²) in [5, 5.41) is 0. The Morgan fingerprint density at radius 3 is 0.480 bits per heavy atom. The summed E-state index contributed by atoms with van der Waals surface area (Å²) in [5.74, 6) is 1.96. The van der Waals surface area contributed by atoms with Gasteiger partial charge < -0.3 is 0 Å². The number of hydrogen-bond acceptors (Lipinski definition) is 8. The third kappa shape index (κ3) is 12.9. The van der Waals surface area contributed by atoms with E-state index in [-0.39, 0.29) is 77.5 Å². The van der Waals surface area contributed by atoms with Gasteiger partial charge in [0, 0.05) is 79.5 Å². The topological polar surface area (TPSA) is 98.9 Å². The van der Waals surface area contributed by atoms with Gasteiger partial charge in [0.25, 0.3) is 0 Å². The quantitative estimate of drug-likeness (QED) is 0.135. The molecule has 0 saturated heterocycles. The van der Waals surface area contributed by atoms with Crippen molar-refractivity contribution in [3.05, 3.63) is 243 Å². The van der Waals surface area contributed by atoms with Crippen molar-refractivity contribution < 1.29 is 34.1 Å². The Kier molecular flexibility index (Phi) is 20.7. The molecule has 0 N–H and O–H groups in total. The van der Waals surface area contributed by atoms with Gasteiger partial charge in [0.2, 0.25) is 0 Å². The molecule has 504 valence electrons. The number of aliphatic imine (C=N–C) groups is 8. The van der Waals surface area contributed by atoms with E-state index in [1.165, 1.54) is 97.1 Å². The Hall–Kier alpha value is -7.84. The fourth-order valence-corrected chi connectivity index (χ4v) is 17.7. The van der Waals surface area contributed by atoms with E-state index in [4.69, 9.17) is 39.9 Å². The molecule has 8 saturated carbocycles. The molecule has 8 aliphatic rings. The summed E-state index contributed by atoms with van der Waals surface area (Å²) in [6, 6.07) is 82.3. The average Bonchev–Trinajstić information content (AvgIpc) is 1.57. The van der Waals surface area contributed by atoms with Gasteiger partial charge in [-0.2, -0.15) is 0 Å². The van der Waals surface area contributed by atoms with Crippen LogP contribution in [0.2, 0.25) is 0 Å². The third-order valence-corrected chi connectivity index (χ3v) is 25.3. The Labute approximate surface area is 605 Å². The van der Waals surface area contributed by atoms with Crippen LogP contribution in [0.3, 0.4) is 0 Å². The van der Waals surface area contributed by atoms with Crippen molar-refractivity contribution in [2.24, 2.45) is 107 Å². The van der Waals surface area contributed by atoms with Crippen LogP contribution in [0, 0.1) is 67.0 Å². The van der Waals surface area contributed by atoms with Gasteiger partial charge in [-0.25, -0.2) is 0 Å². The smallest absolute Gasteiger partial charge is 0.0693 e. The molecule has 16 rings (SSSR count). The van der Waals surface area contributed by atoms with Crippen LogP contribution in [0.1, 0.15) is 134 Å². The Bertz CT molecular complexity index is 3790. The van der Waals surface area contributed by atoms with Gasteiger partial charge in [-0.1, -0.05) is 229 Å². The fourth-order valence-electron chi connectivity index (χ4n) is 17.7. The fraction of sp³-hybridized carbons (Fsp3) is 0.364. The maximum absolute atomic E-state index is 5.07. The van der Waals surface area contributed by atoms with Crippen molar-refractivity contribution in [2.75, 3.05) is 0 Å². The Morgan fingerprint density at radius 1 is 0.204 bits per heavy atom. The van der Waals surface area contributed by atoms with Crippen molar-refractivity contribution in [2.45, 2.75) is 134 Å². The predicted octanol–water partition coefficient (Wildman–Crippen LogP) is 23.9. The number of benzene rings is 8. The summed E-state index contributed by atoms with van der Waals surface area (Å²) in [5.41, 5.74) is 19.0. The molecule has 8 atom stereocenters. The Balaban J connectivity index is 0.000000131. The molecular formula is C88H96Fe2N8. The van der Waals surface area contributed by atoms with Crippen molar-refractivity contribution in [3.63, 3.8) is 0 Å². The average molecular weight is 1380 g/mol. The molecular weight excluding hydrogens is 1280 g/mol. The minimum Gasteiger partial charge on any atom is -0.251 e. The van der Waals surface area contributed by atoms with Gasteiger partial charge in [-0.05, 0) is 170 Å². The van der Waals surface area contributed by atoms with Gasteiger partial charge in [0.15, 0.2) is 0 Å². The third-order valence-electron chi connectivity index (χ3n) is 25.3. The van der Waals surface area contributed by atoms with E-state index >= 15 is 0 Å². The van der Waals surface area contributed by atoms with E-state index < -0.39 is 0 Å². The van der Waals surface area contributed by atoms with Crippen LogP contribution in [0.4, 0.5) is 45.5 Å². The van der Waals surface area contributed by atoms with Crippen molar-refractivity contribution in [1.29, 1.82) is 0 Å². The summed E-state index contributed by atoms with van der Waals surface area (Å²) >= 11 is 0. The van der Waals surface area contributed by atoms with Crippen LogP contribution in [0.25, 0.3) is 0 Å². The molecule has 0 amide bonds. The SMILES string of the molecule is CC1(C)[C@@H]2CC[C@@]1(C)C(=Nc1ccccc1)C2=Nc1ccccc1.CC1(C)[C@@H]2CC[C@@]1(C)C(=Nc1ccccc1)C2=Nc1ccccc1.CC1(C)[C@@H]2CC[C@@]1(C)C(=Nc1ccccc1)C2=Nc1ccccc1.CC1(C)[C@@H]2CC[C@@]1(C)C(=Nc1ccccc1)C2=Nc1ccccc1.[Fe].[Fe]. The largest absolute Gasteiger partial charge is 0.251 e. The zero-order valence-corrected chi connectivity index (χ0v) is 61.6. The molecule has 0 radical (unpaired) electrons. The normalized spacial score (nSPS) is 30.4. The van der Waals surface area contributed by atoms with Crippen LogP contribution in [0.5, 0.6) is 0 Å². The van der Waals surface area contributed by atoms with Gasteiger partial charge in [0.1, 0.15) is 0 Å². The second-order valence-electron chi connectivity index (χ2n) is 31.1. The molecule has 0 spiro atoms. The van der Waals surface area contributed by atoms with E-state index in [0.29, 0.717) is 23.7 Å². The number of rotatable bonds is 8. The van der Waals surface area contributed by atoms with Crippen LogP contribution >= 0.6 is 0 Å². The van der Waals surface area contributed by atoms with E-state index in [2.05, 4.69) is 180 Å². The standard InChI is InChI=1S/4C22H24N2.2Fe/c4*1-21(2)18-14-15-22(21,3)20(24-17-12-8-5-9-13-17)19(18)23-16-10-6-4-7-11-16;;/h4*4-13,18H,14-15H2,1-3H3;;/t4*18-,22+;;/m1111../s1. The van der Waals surface area contributed by atoms with Crippen molar-refractivity contribution >= 4 is 91.2 Å². The molecule has 10 heteroatoms. The zero-order chi connectivity index (χ0) is 67.1. The summed E-state index contributed by atoms with van der Waals surface area (Å²) in [6.07, 6.45) is 9.64. The molecule has 0 aliphatic heterocycles. The van der Waals surface area contributed by atoms with Crippen LogP contribution in [-0.4, -0.2) is 45.7 Å². The molecule has 8 aromatic carbocycles. The molecule has 8 bridgehead atoms. The maximum Gasteiger partial charge on any atom is 0.0693 e. The second kappa shape index (κ2) is 28.4. The van der Waals surface area contributed by atoms with Crippen LogP contribution < -0.4 is 0 Å². The van der Waals surface area contributed by atoms with Crippen molar-refractivity contribution in [1.82, 2.24) is 0 Å². The van der Waals surface area contributed by atoms with E-state index in [9.17, 15) is 0 Å². The second-order valence-corrected chi connectivity index (χ2v) is 31.1. The monoisotopic (exact) mass is 1380 g/mol. The number of nitrogens with zero attached hydrogens (tertiary/aromatic N) is 8. The molecule has 8 nitrogen and oxygen atoms in total. The van der Waals surface area contributed by atoms with E-state index in [0.717, 1.165) is 45.5 Å². The molecule has 0 heterocycles. The summed E-state index contributed by atoms with van der Waals surface area (Å²) in [6.45, 7) is 28.6. The zero-order valence-electron chi connectivity index (χ0n) is 59.3. The Morgan fingerprint density at radius 2 is 0.337 bits per heavy atom. The molecule has 98 heavy (non-hydrogen) atoms. The first-order valence-corrected chi connectivity index (χ1v) is 35.2. The van der Waals surface area contributed by atoms with E-state index in [1.54, 1.807) is 0 Å². The first-order chi connectivity index (χ1) is 46.1. The molecule has 8 aliphatic carbocycles. The number of fused-ring (bicyclic) bond motifs is 8. The molecule has 0 aromatic heterocycles. The van der Waals surface area contributed by atoms with Gasteiger partial charge >= 0.3 is 0 Å². The summed E-state index contributed by atoms with van der Waals surface area (Å²) in [4.78, 5) is 40.5. The first-order valence-electron chi connectivity index (χ1n) is 35.2. The first kappa shape index (κ1) is 71.4. The maximum atomic E-state index is 5.07. The van der Waals surface area contributed by atoms with Gasteiger partial charge in [0.05, 0.1) is 91.2 Å².